The zero-order chi connectivity index (χ0) is 22.1. The number of aliphatic hydroxyl groups excluding tert-OH is 2. The lowest BCUT2D eigenvalue weighted by Gasteiger charge is -2.19. The van der Waals surface area contributed by atoms with Gasteiger partial charge in [0.05, 0.1) is 0 Å². The van der Waals surface area contributed by atoms with Gasteiger partial charge in [-0.25, -0.2) is 4.79 Å². The summed E-state index contributed by atoms with van der Waals surface area (Å²) >= 11 is 1.58. The van der Waals surface area contributed by atoms with Gasteiger partial charge in [-0.3, -0.25) is 0 Å². The summed E-state index contributed by atoms with van der Waals surface area (Å²) in [6.07, 6.45) is -2.87. The van der Waals surface area contributed by atoms with Gasteiger partial charge in [0.15, 0.2) is 0 Å². The molecule has 32 heavy (non-hydrogen) atoms. The Bertz CT molecular complexity index is 1220. The summed E-state index contributed by atoms with van der Waals surface area (Å²) in [5, 5.41) is 26.5. The average molecular weight is 446 g/mol. The predicted octanol–water partition coefficient (Wildman–Crippen LogP) is 4.83. The van der Waals surface area contributed by atoms with E-state index in [-0.39, 0.29) is 19.1 Å². The molecule has 1 heterocycles. The van der Waals surface area contributed by atoms with Crippen LogP contribution in [0.5, 0.6) is 0 Å². The fourth-order valence-electron chi connectivity index (χ4n) is 4.33. The Morgan fingerprint density at radius 2 is 1.66 bits per heavy atom. The van der Waals surface area contributed by atoms with Crippen molar-refractivity contribution in [2.45, 2.75) is 18.1 Å². The maximum Gasteiger partial charge on any atom is 0.407 e. The van der Waals surface area contributed by atoms with E-state index in [4.69, 9.17) is 4.74 Å². The van der Waals surface area contributed by atoms with Gasteiger partial charge in [-0.15, -0.1) is 11.3 Å². The highest BCUT2D eigenvalue weighted by Crippen LogP contribution is 2.44. The second-order valence-corrected chi connectivity index (χ2v) is 8.88. The molecule has 1 aliphatic rings. The minimum absolute atomic E-state index is 0.0267. The second kappa shape index (κ2) is 8.74. The molecule has 3 aromatic carbocycles. The van der Waals surface area contributed by atoms with Gasteiger partial charge in [-0.05, 0) is 50.7 Å². The molecule has 0 spiro atoms. The number of alkyl carbamates (subject to hydrolysis) is 1. The maximum atomic E-state index is 12.3. The molecule has 1 aliphatic carbocycles. The molecule has 3 N–H and O–H groups in total. The van der Waals surface area contributed by atoms with Crippen molar-refractivity contribution in [1.29, 1.82) is 0 Å². The molecule has 5 nitrogen and oxygen atoms in total. The molecular formula is C26H23NO4S. The molecule has 162 valence electrons. The molecule has 0 aliphatic heterocycles. The third kappa shape index (κ3) is 3.88. The minimum Gasteiger partial charge on any atom is -0.449 e. The molecule has 1 amide bonds. The Labute approximate surface area is 189 Å². The number of carbonyl (C=O) groups excluding carboxylic acids is 1. The van der Waals surface area contributed by atoms with E-state index in [0.717, 1.165) is 21.2 Å². The van der Waals surface area contributed by atoms with Crippen LogP contribution < -0.4 is 5.32 Å². The number of benzene rings is 3. The first-order chi connectivity index (χ1) is 15.6. The fraction of sp³-hybridized carbons (Fsp3) is 0.192. The summed E-state index contributed by atoms with van der Waals surface area (Å²) in [6, 6.07) is 23.9. The van der Waals surface area contributed by atoms with Crippen LogP contribution in [0.3, 0.4) is 0 Å². The number of ether oxygens (including phenoxy) is 1. The molecule has 0 saturated carbocycles. The first-order valence-electron chi connectivity index (χ1n) is 10.5. The van der Waals surface area contributed by atoms with Crippen LogP contribution >= 0.6 is 11.3 Å². The number of rotatable bonds is 6. The van der Waals surface area contributed by atoms with Crippen LogP contribution in [0.4, 0.5) is 4.79 Å². The monoisotopic (exact) mass is 445 g/mol. The van der Waals surface area contributed by atoms with E-state index in [1.54, 1.807) is 17.4 Å². The topological polar surface area (TPSA) is 78.8 Å². The van der Waals surface area contributed by atoms with Gasteiger partial charge >= 0.3 is 6.09 Å². The molecule has 0 saturated heterocycles. The number of nitrogens with one attached hydrogen (secondary N) is 1. The van der Waals surface area contributed by atoms with E-state index in [1.165, 1.54) is 11.1 Å². The summed E-state index contributed by atoms with van der Waals surface area (Å²) in [5.41, 5.74) is 5.22. The van der Waals surface area contributed by atoms with Gasteiger partial charge in [-0.2, -0.15) is 0 Å². The SMILES string of the molecule is O=C(NCC(O)C(O)c1ccc2ccsc2c1)OCC1c2ccccc2-c2ccccc21. The maximum absolute atomic E-state index is 12.3. The van der Waals surface area contributed by atoms with Crippen molar-refractivity contribution in [3.63, 3.8) is 0 Å². The quantitative estimate of drug-likeness (QED) is 0.397. The van der Waals surface area contributed by atoms with Crippen molar-refractivity contribution >= 4 is 27.5 Å². The van der Waals surface area contributed by atoms with E-state index in [1.807, 2.05) is 47.8 Å². The predicted molar refractivity (Wildman–Crippen MR) is 126 cm³/mol. The molecule has 0 bridgehead atoms. The van der Waals surface area contributed by atoms with Crippen molar-refractivity contribution in [1.82, 2.24) is 5.32 Å². The summed E-state index contributed by atoms with van der Waals surface area (Å²) in [6.45, 7) is 0.0911. The smallest absolute Gasteiger partial charge is 0.407 e. The summed E-state index contributed by atoms with van der Waals surface area (Å²) in [5.74, 6) is -0.0267. The van der Waals surface area contributed by atoms with Crippen LogP contribution in [0.2, 0.25) is 0 Å². The molecule has 1 aromatic heterocycles. The summed E-state index contributed by atoms with van der Waals surface area (Å²) < 4.78 is 6.52. The van der Waals surface area contributed by atoms with Gasteiger partial charge < -0.3 is 20.3 Å². The number of aliphatic hydroxyl groups is 2. The number of hydrogen-bond acceptors (Lipinski definition) is 5. The van der Waals surface area contributed by atoms with E-state index in [0.29, 0.717) is 5.56 Å². The van der Waals surface area contributed by atoms with Crippen LogP contribution in [-0.4, -0.2) is 35.6 Å². The van der Waals surface area contributed by atoms with Gasteiger partial charge in [-0.1, -0.05) is 60.7 Å². The molecule has 2 unspecified atom stereocenters. The highest BCUT2D eigenvalue weighted by molar-refractivity contribution is 7.17. The number of fused-ring (bicyclic) bond motifs is 4. The number of hydrogen-bond donors (Lipinski definition) is 3. The largest absolute Gasteiger partial charge is 0.449 e. The standard InChI is InChI=1S/C26H23NO4S/c28-23(25(29)17-10-9-16-11-12-32-24(16)13-17)14-27-26(30)31-15-22-20-7-3-1-5-18(20)19-6-2-4-8-21(19)22/h1-13,22-23,25,28-29H,14-15H2,(H,27,30). The Morgan fingerprint density at radius 3 is 2.38 bits per heavy atom. The van der Waals surface area contributed by atoms with Crippen LogP contribution in [-0.2, 0) is 4.74 Å². The highest BCUT2D eigenvalue weighted by atomic mass is 32.1. The van der Waals surface area contributed by atoms with Crippen LogP contribution in [0.1, 0.15) is 28.7 Å². The van der Waals surface area contributed by atoms with Crippen molar-refractivity contribution in [3.8, 4) is 11.1 Å². The Balaban J connectivity index is 1.18. The van der Waals surface area contributed by atoms with E-state index >= 15 is 0 Å². The molecular weight excluding hydrogens is 422 g/mol. The highest BCUT2D eigenvalue weighted by Gasteiger charge is 2.29. The number of carbonyl (C=O) groups is 1. The normalized spacial score (nSPS) is 14.6. The summed E-state index contributed by atoms with van der Waals surface area (Å²) in [7, 11) is 0. The molecule has 0 fully saturated rings. The zero-order valence-corrected chi connectivity index (χ0v) is 18.1. The van der Waals surface area contributed by atoms with Crippen molar-refractivity contribution in [3.05, 3.63) is 94.9 Å². The number of thiophene rings is 1. The Morgan fingerprint density at radius 1 is 0.969 bits per heavy atom. The summed E-state index contributed by atoms with van der Waals surface area (Å²) in [4.78, 5) is 12.3. The molecule has 4 aromatic rings. The minimum atomic E-state index is -1.15. The first-order valence-corrected chi connectivity index (χ1v) is 11.4. The van der Waals surface area contributed by atoms with Crippen LogP contribution in [0, 0.1) is 0 Å². The van der Waals surface area contributed by atoms with Crippen molar-refractivity contribution in [2.75, 3.05) is 13.2 Å². The van der Waals surface area contributed by atoms with Crippen LogP contribution in [0.25, 0.3) is 21.2 Å². The van der Waals surface area contributed by atoms with Gasteiger partial charge in [0.2, 0.25) is 0 Å². The Hall–Kier alpha value is -3.19. The van der Waals surface area contributed by atoms with Gasteiger partial charge in [0, 0.05) is 17.2 Å². The van der Waals surface area contributed by atoms with Crippen molar-refractivity contribution in [2.24, 2.45) is 0 Å². The van der Waals surface area contributed by atoms with Gasteiger partial charge in [0.1, 0.15) is 18.8 Å². The van der Waals surface area contributed by atoms with E-state index in [9.17, 15) is 15.0 Å². The lowest BCUT2D eigenvalue weighted by Crippen LogP contribution is -2.36. The third-order valence-electron chi connectivity index (χ3n) is 5.99. The Kier molecular flexibility index (Phi) is 5.66. The van der Waals surface area contributed by atoms with E-state index in [2.05, 4.69) is 29.6 Å². The average Bonchev–Trinajstić information content (AvgIpc) is 3.42. The molecule has 6 heteroatoms. The lowest BCUT2D eigenvalue weighted by molar-refractivity contribution is 0.0186. The molecule has 5 rings (SSSR count). The molecule has 2 atom stereocenters. The van der Waals surface area contributed by atoms with E-state index < -0.39 is 18.3 Å². The zero-order valence-electron chi connectivity index (χ0n) is 17.3. The van der Waals surface area contributed by atoms with Crippen molar-refractivity contribution < 1.29 is 19.7 Å². The van der Waals surface area contributed by atoms with Crippen LogP contribution in [0.15, 0.2) is 78.2 Å². The third-order valence-corrected chi connectivity index (χ3v) is 6.87. The molecule has 0 radical (unpaired) electrons. The van der Waals surface area contributed by atoms with Gasteiger partial charge in [0.25, 0.3) is 0 Å². The first kappa shape index (κ1) is 20.7. The lowest BCUT2D eigenvalue weighted by atomic mass is 9.98. The second-order valence-electron chi connectivity index (χ2n) is 7.94. The number of amides is 1. The fourth-order valence-corrected chi connectivity index (χ4v) is 5.16.